The molecule has 0 fully saturated rings. The lowest BCUT2D eigenvalue weighted by Crippen LogP contribution is -2.43. The number of nitrogen functional groups attached to an aromatic ring is 1. The van der Waals surface area contributed by atoms with E-state index in [0.29, 0.717) is 0 Å². The summed E-state index contributed by atoms with van der Waals surface area (Å²) >= 11 is 0. The van der Waals surface area contributed by atoms with Gasteiger partial charge in [0.05, 0.1) is 16.9 Å². The van der Waals surface area contributed by atoms with Crippen molar-refractivity contribution in [1.29, 1.82) is 0 Å². The van der Waals surface area contributed by atoms with E-state index in [-0.39, 0.29) is 29.4 Å². The molecule has 2 unspecified atom stereocenters. The van der Waals surface area contributed by atoms with Crippen molar-refractivity contribution in [2.75, 3.05) is 17.6 Å². The molecule has 0 aliphatic rings. The smallest absolute Gasteiger partial charge is 0.441 e. The van der Waals surface area contributed by atoms with E-state index in [9.17, 15) is 35.9 Å². The normalized spacial score (nSPS) is 13.8. The van der Waals surface area contributed by atoms with E-state index in [4.69, 9.17) is 5.73 Å². The zero-order valence-electron chi connectivity index (χ0n) is 18.1. The predicted octanol–water partition coefficient (Wildman–Crippen LogP) is 4.69. The van der Waals surface area contributed by atoms with Crippen LogP contribution >= 0.6 is 0 Å². The minimum atomic E-state index is -5.30. The Morgan fingerprint density at radius 3 is 2.12 bits per heavy atom. The van der Waals surface area contributed by atoms with Crippen LogP contribution in [0.4, 0.5) is 37.7 Å². The minimum absolute atomic E-state index is 0.0265. The molecule has 0 saturated carbocycles. The maximum Gasteiger partial charge on any atom is 0.490 e. The number of nitrogens with one attached hydrogen (secondary N) is 2. The Kier molecular flexibility index (Phi) is 8.41. The van der Waals surface area contributed by atoms with Gasteiger partial charge in [-0.2, -0.15) is 26.3 Å². The molecule has 2 rings (SSSR count). The highest BCUT2D eigenvalue weighted by Gasteiger charge is 2.43. The lowest BCUT2D eigenvalue weighted by Gasteiger charge is -2.26. The van der Waals surface area contributed by atoms with Crippen molar-refractivity contribution < 1.29 is 40.7 Å². The molecule has 2 atom stereocenters. The molecule has 0 aliphatic heterocycles. The third-order valence-corrected chi connectivity index (χ3v) is 4.82. The van der Waals surface area contributed by atoms with E-state index >= 15 is 0 Å². The van der Waals surface area contributed by atoms with Crippen LogP contribution in [0.25, 0.3) is 0 Å². The fourth-order valence-corrected chi connectivity index (χ4v) is 2.90. The molecule has 0 heterocycles. The summed E-state index contributed by atoms with van der Waals surface area (Å²) < 4.78 is 81.0. The van der Waals surface area contributed by atoms with Crippen molar-refractivity contribution in [2.45, 2.75) is 38.3 Å². The molecule has 2 aromatic carbocycles. The van der Waals surface area contributed by atoms with Gasteiger partial charge >= 0.3 is 18.3 Å². The molecule has 0 bridgehead atoms. The molecule has 0 saturated heterocycles. The summed E-state index contributed by atoms with van der Waals surface area (Å²) in [6, 6.07) is 9.33. The molecule has 0 aliphatic carbocycles. The van der Waals surface area contributed by atoms with Crippen LogP contribution in [0.5, 0.6) is 0 Å². The number of carbonyl (C=O) groups is 2. The summed E-state index contributed by atoms with van der Waals surface area (Å²) in [4.78, 5) is 24.0. The SMILES string of the molecule is CC(C)C(CNC(=O)C(OC(=O)C(F)(F)F)c1ccccc1)Nc1ccc(C(F)(F)F)cc1N. The standard InChI is InChI=1S/C22H23F6N3O3/c1-12(2)17(31-16-9-8-14(10-15(16)29)21(23,24)25)11-30-19(32)18(13-6-4-3-5-7-13)34-20(33)22(26,27)28/h3-10,12,17-18,31H,11,29H2,1-2H3,(H,30,32). The van der Waals surface area contributed by atoms with Gasteiger partial charge in [0.1, 0.15) is 0 Å². The molecular formula is C22H23F6N3O3. The van der Waals surface area contributed by atoms with E-state index in [1.165, 1.54) is 24.3 Å². The lowest BCUT2D eigenvalue weighted by molar-refractivity contribution is -0.205. The van der Waals surface area contributed by atoms with Crippen LogP contribution in [0, 0.1) is 5.92 Å². The number of nitrogens with two attached hydrogens (primary N) is 1. The quantitative estimate of drug-likeness (QED) is 0.283. The predicted molar refractivity (Wildman–Crippen MR) is 112 cm³/mol. The molecule has 0 spiro atoms. The number of anilines is 2. The van der Waals surface area contributed by atoms with Crippen molar-refractivity contribution in [3.63, 3.8) is 0 Å². The summed E-state index contributed by atoms with van der Waals surface area (Å²) in [7, 11) is 0. The lowest BCUT2D eigenvalue weighted by atomic mass is 10.0. The van der Waals surface area contributed by atoms with Gasteiger partial charge in [-0.1, -0.05) is 44.2 Å². The third-order valence-electron chi connectivity index (χ3n) is 4.82. The van der Waals surface area contributed by atoms with E-state index in [2.05, 4.69) is 15.4 Å². The van der Waals surface area contributed by atoms with E-state index in [0.717, 1.165) is 18.2 Å². The van der Waals surface area contributed by atoms with Crippen molar-refractivity contribution in [2.24, 2.45) is 5.92 Å². The Morgan fingerprint density at radius 2 is 1.62 bits per heavy atom. The number of halogens is 6. The largest absolute Gasteiger partial charge is 0.490 e. The number of carbonyl (C=O) groups excluding carboxylic acids is 2. The Bertz CT molecular complexity index is 994. The van der Waals surface area contributed by atoms with Crippen LogP contribution < -0.4 is 16.4 Å². The molecular weight excluding hydrogens is 468 g/mol. The van der Waals surface area contributed by atoms with Gasteiger partial charge in [-0.25, -0.2) is 4.79 Å². The van der Waals surface area contributed by atoms with Crippen molar-refractivity contribution in [3.05, 3.63) is 59.7 Å². The summed E-state index contributed by atoms with van der Waals surface area (Å²) in [6.07, 6.45) is -11.7. The number of hydrogen-bond acceptors (Lipinski definition) is 5. The first-order valence-electron chi connectivity index (χ1n) is 10.0. The molecule has 4 N–H and O–H groups in total. The molecule has 6 nitrogen and oxygen atoms in total. The molecule has 1 amide bonds. The molecule has 12 heteroatoms. The summed E-state index contributed by atoms with van der Waals surface area (Å²) in [5.74, 6) is -3.71. The topological polar surface area (TPSA) is 93.4 Å². The fraction of sp³-hybridized carbons (Fsp3) is 0.364. The highest BCUT2D eigenvalue weighted by molar-refractivity contribution is 5.86. The first kappa shape index (κ1) is 26.8. The second kappa shape index (κ2) is 10.7. The van der Waals surface area contributed by atoms with Crippen molar-refractivity contribution in [3.8, 4) is 0 Å². The highest BCUT2D eigenvalue weighted by atomic mass is 19.4. The van der Waals surface area contributed by atoms with Gasteiger partial charge < -0.3 is 21.1 Å². The fourth-order valence-electron chi connectivity index (χ4n) is 2.90. The Morgan fingerprint density at radius 1 is 1.00 bits per heavy atom. The van der Waals surface area contributed by atoms with Crippen LogP contribution in [-0.4, -0.2) is 30.6 Å². The van der Waals surface area contributed by atoms with Gasteiger partial charge in [-0.05, 0) is 24.1 Å². The van der Waals surface area contributed by atoms with Crippen LogP contribution in [0.3, 0.4) is 0 Å². The third kappa shape index (κ3) is 7.29. The molecule has 2 aromatic rings. The van der Waals surface area contributed by atoms with Gasteiger partial charge in [0, 0.05) is 18.2 Å². The second-order valence-corrected chi connectivity index (χ2v) is 7.73. The Hall–Kier alpha value is -3.44. The van der Waals surface area contributed by atoms with E-state index < -0.39 is 41.9 Å². The van der Waals surface area contributed by atoms with Crippen molar-refractivity contribution >= 4 is 23.3 Å². The van der Waals surface area contributed by atoms with Crippen LogP contribution in [0.1, 0.15) is 31.1 Å². The minimum Gasteiger partial charge on any atom is -0.441 e. The van der Waals surface area contributed by atoms with Crippen LogP contribution in [-0.2, 0) is 20.5 Å². The first-order chi connectivity index (χ1) is 15.7. The number of benzene rings is 2. The van der Waals surface area contributed by atoms with Gasteiger partial charge in [-0.15, -0.1) is 0 Å². The average molecular weight is 491 g/mol. The number of rotatable bonds is 8. The highest BCUT2D eigenvalue weighted by Crippen LogP contribution is 2.33. The maximum atomic E-state index is 12.8. The average Bonchev–Trinajstić information content (AvgIpc) is 2.74. The van der Waals surface area contributed by atoms with E-state index in [1.807, 2.05) is 0 Å². The number of hydrogen-bond donors (Lipinski definition) is 3. The van der Waals surface area contributed by atoms with E-state index in [1.54, 1.807) is 19.9 Å². The van der Waals surface area contributed by atoms with Gasteiger partial charge in [-0.3, -0.25) is 4.79 Å². The van der Waals surface area contributed by atoms with Gasteiger partial charge in [0.25, 0.3) is 5.91 Å². The maximum absolute atomic E-state index is 12.8. The Balaban J connectivity index is 2.16. The van der Waals surface area contributed by atoms with Gasteiger partial charge in [0.2, 0.25) is 6.10 Å². The summed E-state index contributed by atoms with van der Waals surface area (Å²) in [6.45, 7) is 3.36. The number of ether oxygens (including phenoxy) is 1. The summed E-state index contributed by atoms with van der Waals surface area (Å²) in [5, 5.41) is 5.36. The van der Waals surface area contributed by atoms with Gasteiger partial charge in [0.15, 0.2) is 0 Å². The van der Waals surface area contributed by atoms with Crippen LogP contribution in [0.2, 0.25) is 0 Å². The first-order valence-corrected chi connectivity index (χ1v) is 10.0. The number of alkyl halides is 6. The van der Waals surface area contributed by atoms with Crippen LogP contribution in [0.15, 0.2) is 48.5 Å². The second-order valence-electron chi connectivity index (χ2n) is 7.73. The monoisotopic (exact) mass is 491 g/mol. The molecule has 0 aromatic heterocycles. The van der Waals surface area contributed by atoms with Crippen molar-refractivity contribution in [1.82, 2.24) is 5.32 Å². The number of amides is 1. The Labute approximate surface area is 191 Å². The molecule has 0 radical (unpaired) electrons. The molecule has 186 valence electrons. The summed E-state index contributed by atoms with van der Waals surface area (Å²) in [5.41, 5.74) is 4.84. The zero-order chi connectivity index (χ0) is 25.7. The number of esters is 1. The molecule has 34 heavy (non-hydrogen) atoms. The zero-order valence-corrected chi connectivity index (χ0v) is 18.1.